The van der Waals surface area contributed by atoms with Crippen LogP contribution in [-0.4, -0.2) is 28.9 Å². The number of amides is 1. The van der Waals surface area contributed by atoms with Gasteiger partial charge in [-0.1, -0.05) is 42.5 Å². The van der Waals surface area contributed by atoms with Crippen LogP contribution in [0.2, 0.25) is 0 Å². The van der Waals surface area contributed by atoms with Crippen LogP contribution in [0.15, 0.2) is 72.9 Å². The lowest BCUT2D eigenvalue weighted by atomic mass is 10.1. The van der Waals surface area contributed by atoms with Crippen molar-refractivity contribution in [2.75, 3.05) is 12.4 Å². The van der Waals surface area contributed by atoms with E-state index in [2.05, 4.69) is 10.3 Å². The second kappa shape index (κ2) is 9.04. The van der Waals surface area contributed by atoms with E-state index in [0.717, 1.165) is 17.0 Å². The summed E-state index contributed by atoms with van der Waals surface area (Å²) in [4.78, 5) is 19.3. The Hall–Kier alpha value is -3.34. The minimum absolute atomic E-state index is 0.0322. The fraction of sp³-hybridized carbons (Fsp3) is 0.217. The van der Waals surface area contributed by atoms with Crippen molar-refractivity contribution in [3.05, 3.63) is 84.1 Å². The maximum Gasteiger partial charge on any atom is 0.255 e. The molecule has 0 spiro atoms. The van der Waals surface area contributed by atoms with Crippen molar-refractivity contribution in [1.29, 1.82) is 0 Å². The van der Waals surface area contributed by atoms with Crippen LogP contribution in [0.3, 0.4) is 0 Å². The molecule has 1 N–H and O–H groups in total. The Morgan fingerprint density at radius 3 is 2.39 bits per heavy atom. The molecule has 0 atom stereocenters. The number of nitrogens with one attached hydrogen (secondary N) is 1. The van der Waals surface area contributed by atoms with Crippen molar-refractivity contribution in [2.45, 2.75) is 26.4 Å². The van der Waals surface area contributed by atoms with Crippen molar-refractivity contribution in [1.82, 2.24) is 9.88 Å². The van der Waals surface area contributed by atoms with Gasteiger partial charge in [-0.05, 0) is 43.7 Å². The standard InChI is InChI=1S/C23H25N3O2/c1-17(2)26(16-18-9-5-4-6-10-18)23(27)19-13-14-22(24-15-19)25-20-11-7-8-12-21(20)28-3/h4-15,17H,16H2,1-3H3,(H,24,25). The summed E-state index contributed by atoms with van der Waals surface area (Å²) in [5, 5.41) is 3.22. The summed E-state index contributed by atoms with van der Waals surface area (Å²) in [7, 11) is 1.63. The number of carbonyl (C=O) groups is 1. The van der Waals surface area contributed by atoms with Gasteiger partial charge in [-0.15, -0.1) is 0 Å². The quantitative estimate of drug-likeness (QED) is 0.639. The largest absolute Gasteiger partial charge is 0.495 e. The maximum absolute atomic E-state index is 13.0. The number of ether oxygens (including phenoxy) is 1. The lowest BCUT2D eigenvalue weighted by molar-refractivity contribution is 0.0690. The maximum atomic E-state index is 13.0. The topological polar surface area (TPSA) is 54.5 Å². The molecule has 0 unspecified atom stereocenters. The Kier molecular flexibility index (Phi) is 6.27. The predicted molar refractivity (Wildman–Crippen MR) is 112 cm³/mol. The van der Waals surface area contributed by atoms with Crippen molar-refractivity contribution in [2.24, 2.45) is 0 Å². The highest BCUT2D eigenvalue weighted by molar-refractivity contribution is 5.94. The molecule has 3 aromatic rings. The van der Waals surface area contributed by atoms with Crippen LogP contribution in [0.1, 0.15) is 29.8 Å². The molecule has 0 saturated heterocycles. The zero-order valence-electron chi connectivity index (χ0n) is 16.4. The first-order chi connectivity index (χ1) is 13.6. The van der Waals surface area contributed by atoms with Crippen LogP contribution in [0.25, 0.3) is 0 Å². The molecule has 1 heterocycles. The van der Waals surface area contributed by atoms with Gasteiger partial charge in [0.25, 0.3) is 5.91 Å². The van der Waals surface area contributed by atoms with E-state index in [0.29, 0.717) is 17.9 Å². The van der Waals surface area contributed by atoms with Gasteiger partial charge >= 0.3 is 0 Å². The molecule has 0 radical (unpaired) electrons. The van der Waals surface area contributed by atoms with Crippen LogP contribution in [0, 0.1) is 0 Å². The van der Waals surface area contributed by atoms with Gasteiger partial charge in [0.2, 0.25) is 0 Å². The Bertz CT molecular complexity index is 909. The SMILES string of the molecule is COc1ccccc1Nc1ccc(C(=O)N(Cc2ccccc2)C(C)C)cn1. The normalized spacial score (nSPS) is 10.6. The first-order valence-electron chi connectivity index (χ1n) is 9.29. The summed E-state index contributed by atoms with van der Waals surface area (Å²) in [6, 6.07) is 21.3. The van der Waals surface area contributed by atoms with E-state index in [-0.39, 0.29) is 11.9 Å². The second-order valence-electron chi connectivity index (χ2n) is 6.77. The third-order valence-electron chi connectivity index (χ3n) is 4.46. The minimum Gasteiger partial charge on any atom is -0.495 e. The number of hydrogen-bond donors (Lipinski definition) is 1. The molecular weight excluding hydrogens is 350 g/mol. The number of hydrogen-bond acceptors (Lipinski definition) is 4. The number of carbonyl (C=O) groups excluding carboxylic acids is 1. The predicted octanol–water partition coefficient (Wildman–Crippen LogP) is 4.88. The van der Waals surface area contributed by atoms with Gasteiger partial charge in [0.15, 0.2) is 0 Å². The first kappa shape index (κ1) is 19.4. The molecule has 0 fully saturated rings. The van der Waals surface area contributed by atoms with Crippen LogP contribution in [0.5, 0.6) is 5.75 Å². The highest BCUT2D eigenvalue weighted by atomic mass is 16.5. The molecule has 2 aromatic carbocycles. The number of methoxy groups -OCH3 is 1. The summed E-state index contributed by atoms with van der Waals surface area (Å²) in [6.07, 6.45) is 1.61. The summed E-state index contributed by atoms with van der Waals surface area (Å²) >= 11 is 0. The Morgan fingerprint density at radius 1 is 1.04 bits per heavy atom. The second-order valence-corrected chi connectivity index (χ2v) is 6.77. The number of anilines is 2. The summed E-state index contributed by atoms with van der Waals surface area (Å²) in [6.45, 7) is 4.61. The monoisotopic (exact) mass is 375 g/mol. The third-order valence-corrected chi connectivity index (χ3v) is 4.46. The number of benzene rings is 2. The van der Waals surface area contributed by atoms with E-state index in [4.69, 9.17) is 4.74 Å². The fourth-order valence-corrected chi connectivity index (χ4v) is 2.92. The number of nitrogens with zero attached hydrogens (tertiary/aromatic N) is 2. The Balaban J connectivity index is 1.74. The van der Waals surface area contributed by atoms with Crippen LogP contribution in [-0.2, 0) is 6.54 Å². The van der Waals surface area contributed by atoms with Gasteiger partial charge < -0.3 is 15.0 Å². The van der Waals surface area contributed by atoms with Crippen molar-refractivity contribution in [3.8, 4) is 5.75 Å². The molecule has 0 saturated carbocycles. The zero-order chi connectivity index (χ0) is 19.9. The molecule has 0 bridgehead atoms. The third kappa shape index (κ3) is 4.68. The highest BCUT2D eigenvalue weighted by Gasteiger charge is 2.19. The van der Waals surface area contributed by atoms with E-state index in [1.165, 1.54) is 0 Å². The summed E-state index contributed by atoms with van der Waals surface area (Å²) < 4.78 is 5.34. The van der Waals surface area contributed by atoms with Gasteiger partial charge in [-0.2, -0.15) is 0 Å². The number of aromatic nitrogens is 1. The lowest BCUT2D eigenvalue weighted by Crippen LogP contribution is -2.36. The lowest BCUT2D eigenvalue weighted by Gasteiger charge is -2.27. The van der Waals surface area contributed by atoms with Gasteiger partial charge in [0, 0.05) is 18.8 Å². The highest BCUT2D eigenvalue weighted by Crippen LogP contribution is 2.26. The van der Waals surface area contributed by atoms with Gasteiger partial charge in [0.05, 0.1) is 18.4 Å². The minimum atomic E-state index is -0.0322. The molecular formula is C23H25N3O2. The summed E-state index contributed by atoms with van der Waals surface area (Å²) in [5.41, 5.74) is 2.49. The zero-order valence-corrected chi connectivity index (χ0v) is 16.4. The first-order valence-corrected chi connectivity index (χ1v) is 9.29. The Morgan fingerprint density at radius 2 is 1.75 bits per heavy atom. The smallest absolute Gasteiger partial charge is 0.255 e. The molecule has 5 nitrogen and oxygen atoms in total. The van der Waals surface area contributed by atoms with Crippen molar-refractivity contribution < 1.29 is 9.53 Å². The van der Waals surface area contributed by atoms with Crippen LogP contribution < -0.4 is 10.1 Å². The molecule has 28 heavy (non-hydrogen) atoms. The average molecular weight is 375 g/mol. The van der Waals surface area contributed by atoms with E-state index < -0.39 is 0 Å². The summed E-state index contributed by atoms with van der Waals surface area (Å²) in [5.74, 6) is 1.36. The van der Waals surface area contributed by atoms with E-state index in [9.17, 15) is 4.79 Å². The van der Waals surface area contributed by atoms with Gasteiger partial charge in [0.1, 0.15) is 11.6 Å². The van der Waals surface area contributed by atoms with Crippen LogP contribution in [0.4, 0.5) is 11.5 Å². The molecule has 0 aliphatic heterocycles. The number of rotatable bonds is 7. The number of pyridine rings is 1. The molecule has 3 rings (SSSR count). The van der Waals surface area contributed by atoms with Crippen LogP contribution >= 0.6 is 0 Å². The van der Waals surface area contributed by atoms with Crippen molar-refractivity contribution in [3.63, 3.8) is 0 Å². The van der Waals surface area contributed by atoms with Gasteiger partial charge in [-0.3, -0.25) is 4.79 Å². The molecule has 144 valence electrons. The van der Waals surface area contributed by atoms with E-state index >= 15 is 0 Å². The molecule has 0 aliphatic rings. The molecule has 5 heteroatoms. The van der Waals surface area contributed by atoms with Gasteiger partial charge in [-0.25, -0.2) is 4.98 Å². The number of para-hydroxylation sites is 2. The van der Waals surface area contributed by atoms with E-state index in [1.54, 1.807) is 25.4 Å². The van der Waals surface area contributed by atoms with Crippen molar-refractivity contribution >= 4 is 17.4 Å². The average Bonchev–Trinajstić information content (AvgIpc) is 2.73. The fourth-order valence-electron chi connectivity index (χ4n) is 2.92. The molecule has 0 aliphatic carbocycles. The molecule has 1 aromatic heterocycles. The molecule has 1 amide bonds. The van der Waals surface area contributed by atoms with E-state index in [1.807, 2.05) is 73.3 Å². The Labute approximate surface area is 166 Å².